The number of phenols is 1. The number of sulfonamides is 1. The van der Waals surface area contributed by atoms with Crippen LogP contribution in [0.4, 0.5) is 0 Å². The molecule has 1 fully saturated rings. The van der Waals surface area contributed by atoms with Crippen LogP contribution in [0.3, 0.4) is 0 Å². The number of imide groups is 1. The number of hydrogen-bond acceptors (Lipinski definition) is 5. The van der Waals surface area contributed by atoms with Gasteiger partial charge in [0.05, 0.1) is 4.90 Å². The Morgan fingerprint density at radius 1 is 1.35 bits per heavy atom. The van der Waals surface area contributed by atoms with Crippen molar-refractivity contribution in [2.24, 2.45) is 0 Å². The number of nitrogens with one attached hydrogen (secondary N) is 1. The van der Waals surface area contributed by atoms with Crippen molar-refractivity contribution in [2.75, 3.05) is 7.05 Å². The van der Waals surface area contributed by atoms with E-state index in [1.54, 1.807) is 0 Å². The monoisotopic (exact) mass is 298 g/mol. The zero-order valence-electron chi connectivity index (χ0n) is 10.7. The molecule has 2 amide bonds. The van der Waals surface area contributed by atoms with Gasteiger partial charge in [-0.05, 0) is 24.6 Å². The average molecular weight is 298 g/mol. The van der Waals surface area contributed by atoms with Crippen LogP contribution in [0.25, 0.3) is 0 Å². The Balaban J connectivity index is 2.21. The Labute approximate surface area is 116 Å². The fourth-order valence-corrected chi connectivity index (χ4v) is 3.19. The van der Waals surface area contributed by atoms with Gasteiger partial charge in [0.1, 0.15) is 11.8 Å². The molecular weight excluding hydrogens is 284 g/mol. The number of carbonyl (C=O) groups is 2. The zero-order chi connectivity index (χ0) is 14.9. The van der Waals surface area contributed by atoms with Gasteiger partial charge in [0.15, 0.2) is 0 Å². The summed E-state index contributed by atoms with van der Waals surface area (Å²) < 4.78 is 26.5. The van der Waals surface area contributed by atoms with Gasteiger partial charge in [-0.2, -0.15) is 4.72 Å². The van der Waals surface area contributed by atoms with Crippen LogP contribution in [0.5, 0.6) is 5.75 Å². The third-order valence-electron chi connectivity index (χ3n) is 3.07. The van der Waals surface area contributed by atoms with Crippen LogP contribution in [-0.2, 0) is 19.6 Å². The lowest BCUT2D eigenvalue weighted by Crippen LogP contribution is -2.52. The number of phenolic OH excluding ortho intramolecular Hbond substituents is 1. The molecule has 1 heterocycles. The predicted molar refractivity (Wildman–Crippen MR) is 69.2 cm³/mol. The number of likely N-dealkylation sites (tertiary alicyclic amines) is 1. The van der Waals surface area contributed by atoms with Gasteiger partial charge in [0.25, 0.3) is 0 Å². The number of amides is 2. The molecule has 1 unspecified atom stereocenters. The van der Waals surface area contributed by atoms with Crippen LogP contribution in [0.1, 0.15) is 12.8 Å². The summed E-state index contributed by atoms with van der Waals surface area (Å²) in [7, 11) is -2.61. The van der Waals surface area contributed by atoms with Gasteiger partial charge in [-0.15, -0.1) is 0 Å². The molecule has 1 saturated heterocycles. The summed E-state index contributed by atoms with van der Waals surface area (Å²) in [5.74, 6) is -1.09. The minimum Gasteiger partial charge on any atom is -0.508 e. The summed E-state index contributed by atoms with van der Waals surface area (Å²) in [5.41, 5.74) is 0. The summed E-state index contributed by atoms with van der Waals surface area (Å²) in [5, 5.41) is 9.30. The lowest BCUT2D eigenvalue weighted by molar-refractivity contribution is -0.147. The number of benzene rings is 1. The molecule has 2 rings (SSSR count). The normalized spacial score (nSPS) is 20.2. The first kappa shape index (κ1) is 14.5. The maximum Gasteiger partial charge on any atom is 0.247 e. The minimum atomic E-state index is -3.93. The van der Waals surface area contributed by atoms with Crippen LogP contribution in [-0.4, -0.2) is 43.3 Å². The molecule has 0 aromatic heterocycles. The molecule has 1 atom stereocenters. The maximum atomic E-state index is 12.1. The van der Waals surface area contributed by atoms with E-state index in [2.05, 4.69) is 4.72 Å². The molecule has 2 N–H and O–H groups in total. The average Bonchev–Trinajstić information content (AvgIpc) is 2.39. The van der Waals surface area contributed by atoms with Crippen LogP contribution in [0, 0.1) is 0 Å². The lowest BCUT2D eigenvalue weighted by Gasteiger charge is -2.27. The number of piperidine rings is 1. The zero-order valence-corrected chi connectivity index (χ0v) is 11.6. The fraction of sp³-hybridized carbons (Fsp3) is 0.333. The molecule has 7 nitrogen and oxygen atoms in total. The van der Waals surface area contributed by atoms with E-state index >= 15 is 0 Å². The van der Waals surface area contributed by atoms with Gasteiger partial charge in [-0.1, -0.05) is 6.07 Å². The first-order valence-electron chi connectivity index (χ1n) is 5.93. The number of nitrogens with zero attached hydrogens (tertiary/aromatic N) is 1. The van der Waals surface area contributed by atoms with Crippen molar-refractivity contribution < 1.29 is 23.1 Å². The van der Waals surface area contributed by atoms with E-state index in [0.717, 1.165) is 11.0 Å². The summed E-state index contributed by atoms with van der Waals surface area (Å²) in [6, 6.07) is 4.17. The lowest BCUT2D eigenvalue weighted by atomic mass is 10.1. The van der Waals surface area contributed by atoms with E-state index in [1.165, 1.54) is 25.2 Å². The molecule has 1 aliphatic heterocycles. The molecule has 0 spiro atoms. The number of aromatic hydroxyl groups is 1. The van der Waals surface area contributed by atoms with Gasteiger partial charge in [0.2, 0.25) is 21.8 Å². The minimum absolute atomic E-state index is 0.107. The van der Waals surface area contributed by atoms with Gasteiger partial charge < -0.3 is 5.11 Å². The number of rotatable bonds is 3. The number of likely N-dealkylation sites (N-methyl/N-ethyl adjacent to an activating group) is 1. The second kappa shape index (κ2) is 5.22. The molecule has 8 heteroatoms. The Morgan fingerprint density at radius 3 is 2.70 bits per heavy atom. The van der Waals surface area contributed by atoms with E-state index in [9.17, 15) is 23.1 Å². The second-order valence-corrected chi connectivity index (χ2v) is 6.21. The molecule has 0 radical (unpaired) electrons. The standard InChI is InChI=1S/C12H14N2O5S/c1-14-11(16)6-5-10(12(14)17)13-20(18,19)9-4-2-3-8(15)7-9/h2-4,7,10,13,15H,5-6H2,1H3. The first-order chi connectivity index (χ1) is 9.31. The Morgan fingerprint density at radius 2 is 2.05 bits per heavy atom. The molecular formula is C12H14N2O5S. The van der Waals surface area contributed by atoms with Crippen molar-refractivity contribution >= 4 is 21.8 Å². The third-order valence-corrected chi connectivity index (χ3v) is 4.54. The summed E-state index contributed by atoms with van der Waals surface area (Å²) in [6.07, 6.45) is 0.232. The van der Waals surface area contributed by atoms with Crippen LogP contribution in [0.15, 0.2) is 29.2 Å². The molecule has 20 heavy (non-hydrogen) atoms. The highest BCUT2D eigenvalue weighted by atomic mass is 32.2. The highest BCUT2D eigenvalue weighted by Crippen LogP contribution is 2.18. The second-order valence-electron chi connectivity index (χ2n) is 4.50. The van der Waals surface area contributed by atoms with E-state index < -0.39 is 22.0 Å². The molecule has 1 aromatic rings. The van der Waals surface area contributed by atoms with Gasteiger partial charge >= 0.3 is 0 Å². The smallest absolute Gasteiger partial charge is 0.247 e. The molecule has 0 bridgehead atoms. The molecule has 0 saturated carbocycles. The summed E-state index contributed by atoms with van der Waals surface area (Å²) >= 11 is 0. The first-order valence-corrected chi connectivity index (χ1v) is 7.41. The quantitative estimate of drug-likeness (QED) is 0.753. The number of hydrogen-bond donors (Lipinski definition) is 2. The van der Waals surface area contributed by atoms with E-state index in [-0.39, 0.29) is 29.4 Å². The molecule has 1 aromatic carbocycles. The Kier molecular flexibility index (Phi) is 3.78. The van der Waals surface area contributed by atoms with Crippen molar-refractivity contribution in [3.05, 3.63) is 24.3 Å². The largest absolute Gasteiger partial charge is 0.508 e. The topological polar surface area (TPSA) is 104 Å². The van der Waals surface area contributed by atoms with E-state index in [0.29, 0.717) is 0 Å². The highest BCUT2D eigenvalue weighted by molar-refractivity contribution is 7.89. The van der Waals surface area contributed by atoms with Crippen LogP contribution >= 0.6 is 0 Å². The van der Waals surface area contributed by atoms with Crippen LogP contribution in [0.2, 0.25) is 0 Å². The summed E-state index contributed by atoms with van der Waals surface area (Å²) in [4.78, 5) is 23.9. The fourth-order valence-electron chi connectivity index (χ4n) is 1.93. The van der Waals surface area contributed by atoms with Crippen molar-refractivity contribution in [2.45, 2.75) is 23.8 Å². The Hall–Kier alpha value is -1.93. The highest BCUT2D eigenvalue weighted by Gasteiger charge is 2.34. The SMILES string of the molecule is CN1C(=O)CCC(NS(=O)(=O)c2cccc(O)c2)C1=O. The number of carbonyl (C=O) groups excluding carboxylic acids is 2. The van der Waals surface area contributed by atoms with Gasteiger partial charge in [-0.25, -0.2) is 8.42 Å². The van der Waals surface area contributed by atoms with E-state index in [1.807, 2.05) is 0 Å². The predicted octanol–water partition coefficient (Wildman–Crippen LogP) is -0.182. The van der Waals surface area contributed by atoms with Crippen molar-refractivity contribution in [3.63, 3.8) is 0 Å². The molecule has 1 aliphatic rings. The van der Waals surface area contributed by atoms with Crippen LogP contribution < -0.4 is 4.72 Å². The van der Waals surface area contributed by atoms with Crippen molar-refractivity contribution in [3.8, 4) is 5.75 Å². The molecule has 108 valence electrons. The van der Waals surface area contributed by atoms with E-state index in [4.69, 9.17) is 0 Å². The van der Waals surface area contributed by atoms with Crippen molar-refractivity contribution in [1.29, 1.82) is 0 Å². The Bertz CT molecular complexity index is 656. The summed E-state index contributed by atoms with van der Waals surface area (Å²) in [6.45, 7) is 0. The van der Waals surface area contributed by atoms with Crippen molar-refractivity contribution in [1.82, 2.24) is 9.62 Å². The third kappa shape index (κ3) is 2.81. The maximum absolute atomic E-state index is 12.1. The van der Waals surface area contributed by atoms with Gasteiger partial charge in [-0.3, -0.25) is 14.5 Å². The molecule has 0 aliphatic carbocycles. The van der Waals surface area contributed by atoms with Gasteiger partial charge in [0, 0.05) is 13.5 Å².